The number of allylic oxidation sites excluding steroid dienone is 2. The standard InChI is InChI=1S/C30H44O4/c1-16(18(3)20(5)31)8-9-17(2)21-10-11-22-27-25(33)14-23-19(4)24(32)12-13-29(23,6)28(27)26(34)15-30(21,22)7/h17-19,21-23,25,33H,1,8-15H2,2-7H3. The number of aliphatic hydroxyl groups is 1. The van der Waals surface area contributed by atoms with E-state index in [1.54, 1.807) is 6.92 Å². The van der Waals surface area contributed by atoms with E-state index in [1.165, 1.54) is 0 Å². The quantitative estimate of drug-likeness (QED) is 0.495. The molecule has 0 heterocycles. The molecule has 0 aromatic rings. The third-order valence-electron chi connectivity index (χ3n) is 11.0. The van der Waals surface area contributed by atoms with Crippen LogP contribution in [0.5, 0.6) is 0 Å². The van der Waals surface area contributed by atoms with Crippen molar-refractivity contribution in [2.45, 2.75) is 99.0 Å². The fraction of sp³-hybridized carbons (Fsp3) is 0.767. The zero-order valence-corrected chi connectivity index (χ0v) is 22.1. The van der Waals surface area contributed by atoms with Crippen molar-refractivity contribution in [1.29, 1.82) is 0 Å². The number of aliphatic hydroxyl groups excluding tert-OH is 1. The average Bonchev–Trinajstić information content (AvgIpc) is 3.11. The molecule has 4 nitrogen and oxygen atoms in total. The van der Waals surface area contributed by atoms with Gasteiger partial charge in [0.05, 0.1) is 6.10 Å². The summed E-state index contributed by atoms with van der Waals surface area (Å²) in [5.41, 5.74) is 2.51. The Hall–Kier alpha value is -1.55. The highest BCUT2D eigenvalue weighted by Gasteiger charge is 2.61. The molecular formula is C30H44O4. The predicted octanol–water partition coefficient (Wildman–Crippen LogP) is 5.87. The number of ketones is 3. The van der Waals surface area contributed by atoms with Crippen LogP contribution in [-0.2, 0) is 14.4 Å². The Morgan fingerprint density at radius 1 is 1.21 bits per heavy atom. The molecule has 0 saturated heterocycles. The summed E-state index contributed by atoms with van der Waals surface area (Å²) >= 11 is 0. The van der Waals surface area contributed by atoms with Crippen molar-refractivity contribution in [3.05, 3.63) is 23.3 Å². The van der Waals surface area contributed by atoms with Gasteiger partial charge in [-0.05, 0) is 80.1 Å². The molecule has 0 radical (unpaired) electrons. The third-order valence-corrected chi connectivity index (χ3v) is 11.0. The van der Waals surface area contributed by atoms with Gasteiger partial charge in [0.2, 0.25) is 0 Å². The van der Waals surface area contributed by atoms with E-state index >= 15 is 0 Å². The number of fused-ring (bicyclic) bond motifs is 4. The minimum Gasteiger partial charge on any atom is -0.389 e. The van der Waals surface area contributed by atoms with Gasteiger partial charge in [-0.2, -0.15) is 0 Å². The molecule has 4 rings (SSSR count). The maximum atomic E-state index is 13.9. The molecule has 0 aromatic heterocycles. The van der Waals surface area contributed by atoms with Crippen LogP contribution in [0.25, 0.3) is 0 Å². The molecule has 0 amide bonds. The summed E-state index contributed by atoms with van der Waals surface area (Å²) in [5.74, 6) is 1.62. The minimum absolute atomic E-state index is 0.0567. The maximum absolute atomic E-state index is 13.9. The fourth-order valence-corrected chi connectivity index (χ4v) is 8.61. The summed E-state index contributed by atoms with van der Waals surface area (Å²) < 4.78 is 0. The molecule has 0 aliphatic heterocycles. The fourth-order valence-electron chi connectivity index (χ4n) is 8.61. The van der Waals surface area contributed by atoms with Crippen LogP contribution < -0.4 is 0 Å². The summed E-state index contributed by atoms with van der Waals surface area (Å²) in [5, 5.41) is 11.4. The van der Waals surface area contributed by atoms with E-state index in [4.69, 9.17) is 0 Å². The van der Waals surface area contributed by atoms with Crippen LogP contribution >= 0.6 is 0 Å². The van der Waals surface area contributed by atoms with Crippen LogP contribution in [0.1, 0.15) is 92.9 Å². The molecule has 0 spiro atoms. The average molecular weight is 469 g/mol. The number of hydrogen-bond donors (Lipinski definition) is 1. The highest BCUT2D eigenvalue weighted by molar-refractivity contribution is 6.00. The zero-order chi connectivity index (χ0) is 25.2. The molecule has 4 aliphatic rings. The highest BCUT2D eigenvalue weighted by atomic mass is 16.3. The number of rotatable bonds is 6. The van der Waals surface area contributed by atoms with Crippen molar-refractivity contribution >= 4 is 17.3 Å². The van der Waals surface area contributed by atoms with Gasteiger partial charge in [-0.3, -0.25) is 14.4 Å². The van der Waals surface area contributed by atoms with Crippen molar-refractivity contribution in [2.24, 2.45) is 46.3 Å². The smallest absolute Gasteiger partial charge is 0.160 e. The number of carbonyl (C=O) groups excluding carboxylic acids is 3. The molecule has 2 saturated carbocycles. The molecule has 1 N–H and O–H groups in total. The van der Waals surface area contributed by atoms with Crippen molar-refractivity contribution in [3.8, 4) is 0 Å². The van der Waals surface area contributed by atoms with Crippen LogP contribution in [-0.4, -0.2) is 28.6 Å². The first-order valence-corrected chi connectivity index (χ1v) is 13.5. The molecule has 0 aromatic carbocycles. The SMILES string of the molecule is C=C(CCC(C)C1CCC2C3=C(C(=O)CC21C)C1(C)CCC(=O)C(C)C1CC3O)C(C)C(C)=O. The lowest BCUT2D eigenvalue weighted by atomic mass is 9.48. The van der Waals surface area contributed by atoms with Crippen LogP contribution in [0.4, 0.5) is 0 Å². The van der Waals surface area contributed by atoms with Crippen LogP contribution in [0.15, 0.2) is 23.3 Å². The Kier molecular flexibility index (Phi) is 6.64. The molecule has 2 fully saturated rings. The first-order valence-electron chi connectivity index (χ1n) is 13.5. The lowest BCUT2D eigenvalue weighted by Gasteiger charge is -2.55. The van der Waals surface area contributed by atoms with Gasteiger partial charge in [-0.1, -0.05) is 46.8 Å². The summed E-state index contributed by atoms with van der Waals surface area (Å²) in [6.07, 6.45) is 5.73. The Balaban J connectivity index is 1.61. The Bertz CT molecular complexity index is 943. The molecule has 4 aliphatic carbocycles. The second-order valence-corrected chi connectivity index (χ2v) is 12.7. The normalized spacial score (nSPS) is 41.4. The van der Waals surface area contributed by atoms with E-state index in [-0.39, 0.29) is 51.9 Å². The van der Waals surface area contributed by atoms with Crippen molar-refractivity contribution in [3.63, 3.8) is 0 Å². The molecule has 0 bridgehead atoms. The molecule has 9 unspecified atom stereocenters. The van der Waals surface area contributed by atoms with Crippen LogP contribution in [0.2, 0.25) is 0 Å². The lowest BCUT2D eigenvalue weighted by Crippen LogP contribution is -2.54. The highest BCUT2D eigenvalue weighted by Crippen LogP contribution is 2.65. The van der Waals surface area contributed by atoms with Gasteiger partial charge in [0.1, 0.15) is 11.6 Å². The number of hydrogen-bond acceptors (Lipinski definition) is 4. The first-order chi connectivity index (χ1) is 15.8. The van der Waals surface area contributed by atoms with Crippen LogP contribution in [0.3, 0.4) is 0 Å². The van der Waals surface area contributed by atoms with E-state index in [9.17, 15) is 19.5 Å². The number of carbonyl (C=O) groups is 3. The summed E-state index contributed by atoms with van der Waals surface area (Å²) in [7, 11) is 0. The van der Waals surface area contributed by atoms with E-state index < -0.39 is 6.10 Å². The second kappa shape index (κ2) is 8.84. The lowest BCUT2D eigenvalue weighted by molar-refractivity contribution is -0.135. The zero-order valence-electron chi connectivity index (χ0n) is 22.1. The van der Waals surface area contributed by atoms with Crippen LogP contribution in [0, 0.1) is 46.3 Å². The van der Waals surface area contributed by atoms with E-state index in [0.29, 0.717) is 31.1 Å². The maximum Gasteiger partial charge on any atom is 0.160 e. The first kappa shape index (κ1) is 25.5. The Morgan fingerprint density at radius 3 is 2.53 bits per heavy atom. The predicted molar refractivity (Wildman–Crippen MR) is 134 cm³/mol. The van der Waals surface area contributed by atoms with Crippen molar-refractivity contribution in [2.75, 3.05) is 0 Å². The summed E-state index contributed by atoms with van der Waals surface area (Å²) in [4.78, 5) is 38.1. The van der Waals surface area contributed by atoms with E-state index in [2.05, 4.69) is 27.4 Å². The van der Waals surface area contributed by atoms with Gasteiger partial charge in [0, 0.05) is 35.7 Å². The monoisotopic (exact) mass is 468 g/mol. The number of Topliss-reactive ketones (excluding diaryl/α,β-unsaturated/α-hetero) is 3. The molecule has 188 valence electrons. The van der Waals surface area contributed by atoms with Gasteiger partial charge in [0.25, 0.3) is 0 Å². The molecule has 4 heteroatoms. The van der Waals surface area contributed by atoms with Gasteiger partial charge in [0.15, 0.2) is 5.78 Å². The Labute approximate surface area is 205 Å². The topological polar surface area (TPSA) is 71.4 Å². The van der Waals surface area contributed by atoms with Gasteiger partial charge >= 0.3 is 0 Å². The second-order valence-electron chi connectivity index (χ2n) is 12.7. The minimum atomic E-state index is -0.611. The molecule has 9 atom stereocenters. The molecular weight excluding hydrogens is 424 g/mol. The van der Waals surface area contributed by atoms with Gasteiger partial charge in [-0.25, -0.2) is 0 Å². The van der Waals surface area contributed by atoms with Crippen molar-refractivity contribution in [1.82, 2.24) is 0 Å². The van der Waals surface area contributed by atoms with E-state index in [1.807, 2.05) is 13.8 Å². The summed E-state index contributed by atoms with van der Waals surface area (Å²) in [6.45, 7) is 16.5. The van der Waals surface area contributed by atoms with Gasteiger partial charge < -0.3 is 5.11 Å². The van der Waals surface area contributed by atoms with Crippen molar-refractivity contribution < 1.29 is 19.5 Å². The largest absolute Gasteiger partial charge is 0.389 e. The van der Waals surface area contributed by atoms with E-state index in [0.717, 1.165) is 48.8 Å². The molecule has 34 heavy (non-hydrogen) atoms. The Morgan fingerprint density at radius 2 is 1.88 bits per heavy atom. The van der Waals surface area contributed by atoms with Gasteiger partial charge in [-0.15, -0.1) is 0 Å². The third kappa shape index (κ3) is 3.79. The summed E-state index contributed by atoms with van der Waals surface area (Å²) in [6, 6.07) is 0.